The Labute approximate surface area is 140 Å². The van der Waals surface area contributed by atoms with Gasteiger partial charge in [0.15, 0.2) is 0 Å². The van der Waals surface area contributed by atoms with Gasteiger partial charge in [0, 0.05) is 39.3 Å². The van der Waals surface area contributed by atoms with Gasteiger partial charge in [0.05, 0.1) is 37.4 Å². The standard InChI is InChI=1S/C17H32N2O4/c1-12-6-18(7-13(2)22-12)10-16(17(20)21-5)11-19-8-14(3)23-15(4)9-19/h12-16H,6-11H2,1-5H3/t12-,13+,14-,15+. The van der Waals surface area contributed by atoms with E-state index < -0.39 is 0 Å². The summed E-state index contributed by atoms with van der Waals surface area (Å²) in [4.78, 5) is 16.9. The van der Waals surface area contributed by atoms with Gasteiger partial charge >= 0.3 is 5.97 Å². The van der Waals surface area contributed by atoms with E-state index in [0.717, 1.165) is 39.3 Å². The lowest BCUT2D eigenvalue weighted by molar-refractivity contribution is -0.150. The van der Waals surface area contributed by atoms with Gasteiger partial charge in [0.2, 0.25) is 0 Å². The number of methoxy groups -OCH3 is 1. The van der Waals surface area contributed by atoms with Crippen LogP contribution >= 0.6 is 0 Å². The van der Waals surface area contributed by atoms with E-state index in [1.165, 1.54) is 7.11 Å². The van der Waals surface area contributed by atoms with Crippen molar-refractivity contribution in [1.82, 2.24) is 9.80 Å². The molecule has 0 spiro atoms. The van der Waals surface area contributed by atoms with Crippen LogP contribution in [0.15, 0.2) is 0 Å². The highest BCUT2D eigenvalue weighted by atomic mass is 16.5. The highest BCUT2D eigenvalue weighted by Crippen LogP contribution is 2.17. The molecule has 23 heavy (non-hydrogen) atoms. The molecule has 0 bridgehead atoms. The molecule has 0 radical (unpaired) electrons. The van der Waals surface area contributed by atoms with Crippen LogP contribution in [0.2, 0.25) is 0 Å². The third-order valence-electron chi connectivity index (χ3n) is 4.48. The highest BCUT2D eigenvalue weighted by Gasteiger charge is 2.31. The van der Waals surface area contributed by atoms with Crippen molar-refractivity contribution in [3.05, 3.63) is 0 Å². The average molecular weight is 328 g/mol. The van der Waals surface area contributed by atoms with E-state index in [2.05, 4.69) is 37.5 Å². The molecule has 0 aromatic heterocycles. The molecule has 2 heterocycles. The zero-order valence-electron chi connectivity index (χ0n) is 15.2. The molecule has 2 aliphatic heterocycles. The number of ether oxygens (including phenoxy) is 3. The predicted molar refractivity (Wildman–Crippen MR) is 88.4 cm³/mol. The normalized spacial score (nSPS) is 33.8. The molecule has 2 fully saturated rings. The quantitative estimate of drug-likeness (QED) is 0.702. The van der Waals surface area contributed by atoms with Gasteiger partial charge in [-0.1, -0.05) is 0 Å². The van der Waals surface area contributed by atoms with Crippen molar-refractivity contribution in [3.63, 3.8) is 0 Å². The second-order valence-electron chi connectivity index (χ2n) is 7.17. The van der Waals surface area contributed by atoms with E-state index in [9.17, 15) is 4.79 Å². The second kappa shape index (κ2) is 8.42. The number of rotatable bonds is 5. The first-order valence-corrected chi connectivity index (χ1v) is 8.70. The summed E-state index contributed by atoms with van der Waals surface area (Å²) in [6, 6.07) is 0. The van der Waals surface area contributed by atoms with Crippen LogP contribution in [0.5, 0.6) is 0 Å². The minimum absolute atomic E-state index is 0.122. The lowest BCUT2D eigenvalue weighted by atomic mass is 10.1. The van der Waals surface area contributed by atoms with Crippen LogP contribution in [-0.2, 0) is 19.0 Å². The Balaban J connectivity index is 1.95. The summed E-state index contributed by atoms with van der Waals surface area (Å²) in [6.07, 6.45) is 0.835. The fraction of sp³-hybridized carbons (Fsp3) is 0.941. The summed E-state index contributed by atoms with van der Waals surface area (Å²) in [5.41, 5.74) is 0. The first kappa shape index (κ1) is 18.6. The number of carbonyl (C=O) groups excluding carboxylic acids is 1. The van der Waals surface area contributed by atoms with Crippen molar-refractivity contribution in [1.29, 1.82) is 0 Å². The summed E-state index contributed by atoms with van der Waals surface area (Å²) in [5.74, 6) is -0.251. The Kier molecular flexibility index (Phi) is 6.83. The van der Waals surface area contributed by atoms with Gasteiger partial charge in [-0.15, -0.1) is 0 Å². The van der Waals surface area contributed by atoms with Crippen molar-refractivity contribution in [2.45, 2.75) is 52.1 Å². The third kappa shape index (κ3) is 5.71. The zero-order valence-corrected chi connectivity index (χ0v) is 15.2. The molecule has 0 aromatic rings. The fourth-order valence-electron chi connectivity index (χ4n) is 3.86. The molecular weight excluding hydrogens is 296 g/mol. The summed E-state index contributed by atoms with van der Waals surface area (Å²) < 4.78 is 16.6. The number of morpholine rings is 2. The molecule has 0 aromatic carbocycles. The smallest absolute Gasteiger partial charge is 0.311 e. The van der Waals surface area contributed by atoms with Crippen LogP contribution < -0.4 is 0 Å². The molecule has 0 saturated carbocycles. The summed E-state index contributed by atoms with van der Waals surface area (Å²) >= 11 is 0. The Bertz CT molecular complexity index is 345. The molecule has 2 saturated heterocycles. The number of esters is 1. The van der Waals surface area contributed by atoms with Crippen molar-refractivity contribution in [2.75, 3.05) is 46.4 Å². The molecule has 0 amide bonds. The van der Waals surface area contributed by atoms with Gasteiger partial charge in [-0.3, -0.25) is 14.6 Å². The molecule has 134 valence electrons. The molecule has 2 aliphatic rings. The second-order valence-corrected chi connectivity index (χ2v) is 7.17. The van der Waals surface area contributed by atoms with Gasteiger partial charge in [-0.25, -0.2) is 0 Å². The van der Waals surface area contributed by atoms with E-state index in [1.807, 2.05) is 0 Å². The Morgan fingerprint density at radius 3 is 1.57 bits per heavy atom. The molecule has 6 heteroatoms. The van der Waals surface area contributed by atoms with E-state index in [-0.39, 0.29) is 36.3 Å². The molecule has 0 unspecified atom stereocenters. The largest absolute Gasteiger partial charge is 0.469 e. The maximum absolute atomic E-state index is 12.2. The van der Waals surface area contributed by atoms with Crippen LogP contribution in [0.4, 0.5) is 0 Å². The van der Waals surface area contributed by atoms with Crippen LogP contribution in [0, 0.1) is 5.92 Å². The summed E-state index contributed by atoms with van der Waals surface area (Å²) in [5, 5.41) is 0. The van der Waals surface area contributed by atoms with Crippen molar-refractivity contribution in [2.24, 2.45) is 5.92 Å². The van der Waals surface area contributed by atoms with Gasteiger partial charge in [0.25, 0.3) is 0 Å². The predicted octanol–water partition coefficient (Wildman–Crippen LogP) is 0.994. The first-order chi connectivity index (χ1) is 10.9. The van der Waals surface area contributed by atoms with E-state index in [1.54, 1.807) is 0 Å². The monoisotopic (exact) mass is 328 g/mol. The van der Waals surface area contributed by atoms with Crippen molar-refractivity contribution in [3.8, 4) is 0 Å². The average Bonchev–Trinajstić information content (AvgIpc) is 2.43. The van der Waals surface area contributed by atoms with Crippen molar-refractivity contribution >= 4 is 5.97 Å². The molecule has 0 aliphatic carbocycles. The summed E-state index contributed by atoms with van der Waals surface area (Å²) in [7, 11) is 1.48. The third-order valence-corrected chi connectivity index (χ3v) is 4.48. The minimum atomic E-state index is -0.130. The molecule has 4 atom stereocenters. The van der Waals surface area contributed by atoms with Gasteiger partial charge < -0.3 is 14.2 Å². The van der Waals surface area contributed by atoms with Gasteiger partial charge in [0.1, 0.15) is 0 Å². The molecular formula is C17H32N2O4. The number of hydrogen-bond acceptors (Lipinski definition) is 6. The molecule has 0 N–H and O–H groups in total. The van der Waals surface area contributed by atoms with Gasteiger partial charge in [-0.05, 0) is 27.7 Å². The SMILES string of the molecule is COC(=O)C(CN1C[C@@H](C)O[C@@H](C)C1)CN1C[C@@H](C)O[C@@H](C)C1. The fourth-order valence-corrected chi connectivity index (χ4v) is 3.86. The zero-order chi connectivity index (χ0) is 17.0. The number of nitrogens with zero attached hydrogens (tertiary/aromatic N) is 2. The molecule has 6 nitrogen and oxygen atoms in total. The van der Waals surface area contributed by atoms with Crippen molar-refractivity contribution < 1.29 is 19.0 Å². The highest BCUT2D eigenvalue weighted by molar-refractivity contribution is 5.72. The lowest BCUT2D eigenvalue weighted by Crippen LogP contribution is -2.52. The Morgan fingerprint density at radius 2 is 1.26 bits per heavy atom. The number of carbonyl (C=O) groups is 1. The molecule has 2 rings (SSSR count). The van der Waals surface area contributed by atoms with Crippen LogP contribution in [0.25, 0.3) is 0 Å². The minimum Gasteiger partial charge on any atom is -0.469 e. The first-order valence-electron chi connectivity index (χ1n) is 8.70. The topological polar surface area (TPSA) is 51.2 Å². The van der Waals surface area contributed by atoms with Crippen LogP contribution in [0.1, 0.15) is 27.7 Å². The van der Waals surface area contributed by atoms with Crippen LogP contribution in [-0.4, -0.2) is 86.6 Å². The van der Waals surface area contributed by atoms with E-state index in [0.29, 0.717) is 0 Å². The number of hydrogen-bond donors (Lipinski definition) is 0. The van der Waals surface area contributed by atoms with Gasteiger partial charge in [-0.2, -0.15) is 0 Å². The maximum atomic E-state index is 12.2. The lowest BCUT2D eigenvalue weighted by Gasteiger charge is -2.39. The van der Waals surface area contributed by atoms with E-state index >= 15 is 0 Å². The Hall–Kier alpha value is -0.690. The summed E-state index contributed by atoms with van der Waals surface area (Å²) in [6.45, 7) is 13.3. The maximum Gasteiger partial charge on any atom is 0.311 e. The Morgan fingerprint density at radius 1 is 0.913 bits per heavy atom. The van der Waals surface area contributed by atoms with Crippen LogP contribution in [0.3, 0.4) is 0 Å². The van der Waals surface area contributed by atoms with E-state index in [4.69, 9.17) is 14.2 Å².